The Kier molecular flexibility index (Phi) is 5.74. The Balaban J connectivity index is 2.14. The van der Waals surface area contributed by atoms with E-state index in [0.29, 0.717) is 11.6 Å². The number of hydrogen-bond donors (Lipinski definition) is 2. The number of nitrogens with one attached hydrogen (secondary N) is 2. The molecule has 0 aliphatic carbocycles. The fraction of sp³-hybridized carbons (Fsp3) is 0.538. The zero-order valence-corrected chi connectivity index (χ0v) is 13.7. The highest BCUT2D eigenvalue weighted by Crippen LogP contribution is 2.23. The molecule has 0 radical (unpaired) electrons. The topological polar surface area (TPSA) is 58.2 Å². The predicted octanol–water partition coefficient (Wildman–Crippen LogP) is 2.23. The molecule has 0 unspecified atom stereocenters. The van der Waals surface area contributed by atoms with Gasteiger partial charge in [0.1, 0.15) is 0 Å². The van der Waals surface area contributed by atoms with E-state index < -0.39 is 10.0 Å². The van der Waals surface area contributed by atoms with E-state index in [4.69, 9.17) is 11.6 Å². The smallest absolute Gasteiger partial charge is 0.240 e. The highest BCUT2D eigenvalue weighted by atomic mass is 35.5. The van der Waals surface area contributed by atoms with Gasteiger partial charge in [-0.2, -0.15) is 11.8 Å². The van der Waals surface area contributed by atoms with E-state index >= 15 is 0 Å². The predicted molar refractivity (Wildman–Crippen MR) is 84.9 cm³/mol. The van der Waals surface area contributed by atoms with Crippen molar-refractivity contribution in [2.45, 2.75) is 30.3 Å². The molecule has 7 heteroatoms. The molecule has 1 heterocycles. The average molecular weight is 335 g/mol. The van der Waals surface area contributed by atoms with Crippen molar-refractivity contribution in [1.82, 2.24) is 10.0 Å². The van der Waals surface area contributed by atoms with E-state index in [2.05, 4.69) is 10.0 Å². The Hall–Kier alpha value is -0.270. The summed E-state index contributed by atoms with van der Waals surface area (Å²) in [5, 5.41) is 3.47. The first-order valence-electron chi connectivity index (χ1n) is 6.56. The minimum Gasteiger partial charge on any atom is -0.316 e. The van der Waals surface area contributed by atoms with Crippen LogP contribution in [0.3, 0.4) is 0 Å². The number of rotatable bonds is 5. The Morgan fingerprint density at radius 2 is 2.05 bits per heavy atom. The van der Waals surface area contributed by atoms with Gasteiger partial charge in [-0.1, -0.05) is 17.7 Å². The van der Waals surface area contributed by atoms with Gasteiger partial charge >= 0.3 is 0 Å². The van der Waals surface area contributed by atoms with Crippen molar-refractivity contribution < 1.29 is 8.42 Å². The Morgan fingerprint density at radius 3 is 2.65 bits per heavy atom. The van der Waals surface area contributed by atoms with E-state index in [9.17, 15) is 8.42 Å². The maximum Gasteiger partial charge on any atom is 0.240 e. The molecule has 1 fully saturated rings. The van der Waals surface area contributed by atoms with Crippen molar-refractivity contribution in [2.24, 2.45) is 0 Å². The Bertz CT molecular complexity index is 557. The van der Waals surface area contributed by atoms with E-state index in [1.165, 1.54) is 6.07 Å². The summed E-state index contributed by atoms with van der Waals surface area (Å²) in [5.74, 6) is 2.02. The highest BCUT2D eigenvalue weighted by Gasteiger charge is 2.22. The molecule has 20 heavy (non-hydrogen) atoms. The van der Waals surface area contributed by atoms with Crippen LogP contribution in [0.4, 0.5) is 0 Å². The van der Waals surface area contributed by atoms with Crippen molar-refractivity contribution in [1.29, 1.82) is 0 Å². The fourth-order valence-corrected chi connectivity index (χ4v) is 4.88. The zero-order valence-electron chi connectivity index (χ0n) is 11.4. The lowest BCUT2D eigenvalue weighted by atomic mass is 10.2. The van der Waals surface area contributed by atoms with Crippen molar-refractivity contribution in [3.63, 3.8) is 0 Å². The second kappa shape index (κ2) is 7.13. The molecule has 1 aromatic rings. The minimum atomic E-state index is -3.48. The summed E-state index contributed by atoms with van der Waals surface area (Å²) < 4.78 is 27.4. The van der Waals surface area contributed by atoms with Gasteiger partial charge in [0.2, 0.25) is 10.0 Å². The maximum absolute atomic E-state index is 12.3. The number of benzene rings is 1. The van der Waals surface area contributed by atoms with Crippen molar-refractivity contribution in [3.8, 4) is 0 Å². The second-order valence-corrected chi connectivity index (χ2v) is 8.14. The lowest BCUT2D eigenvalue weighted by Gasteiger charge is -2.22. The summed E-state index contributed by atoms with van der Waals surface area (Å²) in [6, 6.07) is 4.92. The molecule has 0 spiro atoms. The van der Waals surface area contributed by atoms with Gasteiger partial charge in [-0.15, -0.1) is 0 Å². The van der Waals surface area contributed by atoms with E-state index in [-0.39, 0.29) is 10.9 Å². The summed E-state index contributed by atoms with van der Waals surface area (Å²) in [7, 11) is -1.66. The first-order chi connectivity index (χ1) is 9.53. The molecule has 112 valence electrons. The third-order valence-corrected chi connectivity index (χ3v) is 6.16. The fourth-order valence-electron chi connectivity index (χ4n) is 2.13. The highest BCUT2D eigenvalue weighted by molar-refractivity contribution is 7.99. The van der Waals surface area contributed by atoms with Gasteiger partial charge in [0, 0.05) is 17.6 Å². The molecule has 0 saturated carbocycles. The summed E-state index contributed by atoms with van der Waals surface area (Å²) in [4.78, 5) is 0.237. The van der Waals surface area contributed by atoms with E-state index in [1.54, 1.807) is 12.1 Å². The van der Waals surface area contributed by atoms with Crippen LogP contribution in [0.1, 0.15) is 18.4 Å². The largest absolute Gasteiger partial charge is 0.316 e. The van der Waals surface area contributed by atoms with E-state index in [0.717, 1.165) is 29.9 Å². The van der Waals surface area contributed by atoms with Gasteiger partial charge in [-0.3, -0.25) is 0 Å². The van der Waals surface area contributed by atoms with Crippen molar-refractivity contribution >= 4 is 33.4 Å². The van der Waals surface area contributed by atoms with Crippen LogP contribution < -0.4 is 10.0 Å². The standard InChI is InChI=1S/C13H19ClN2O2S2/c1-15-9-10-2-3-12(8-13(10)14)20(17,18)16-11-4-6-19-7-5-11/h2-3,8,11,15-16H,4-7,9H2,1H3. The van der Waals surface area contributed by atoms with Crippen LogP contribution in [-0.4, -0.2) is 33.0 Å². The van der Waals surface area contributed by atoms with Gasteiger partial charge in [-0.05, 0) is 49.1 Å². The maximum atomic E-state index is 12.3. The molecular weight excluding hydrogens is 316 g/mol. The lowest BCUT2D eigenvalue weighted by molar-refractivity contribution is 0.529. The van der Waals surface area contributed by atoms with Crippen LogP contribution in [0, 0.1) is 0 Å². The zero-order chi connectivity index (χ0) is 14.6. The molecule has 2 N–H and O–H groups in total. The Morgan fingerprint density at radius 1 is 1.35 bits per heavy atom. The van der Waals surface area contributed by atoms with E-state index in [1.807, 2.05) is 18.8 Å². The van der Waals surface area contributed by atoms with Gasteiger partial charge < -0.3 is 5.32 Å². The first kappa shape index (κ1) is 16.1. The van der Waals surface area contributed by atoms with Crippen LogP contribution in [0.2, 0.25) is 5.02 Å². The molecule has 1 aliphatic heterocycles. The van der Waals surface area contributed by atoms with Crippen LogP contribution in [0.5, 0.6) is 0 Å². The number of hydrogen-bond acceptors (Lipinski definition) is 4. The minimum absolute atomic E-state index is 0.0389. The molecule has 1 aliphatic rings. The van der Waals surface area contributed by atoms with Gasteiger partial charge in [-0.25, -0.2) is 13.1 Å². The van der Waals surface area contributed by atoms with Gasteiger partial charge in [0.15, 0.2) is 0 Å². The van der Waals surface area contributed by atoms with Crippen molar-refractivity contribution in [3.05, 3.63) is 28.8 Å². The average Bonchev–Trinajstić information content (AvgIpc) is 2.42. The second-order valence-electron chi connectivity index (χ2n) is 4.79. The lowest BCUT2D eigenvalue weighted by Crippen LogP contribution is -2.37. The van der Waals surface area contributed by atoms with Crippen LogP contribution in [0.15, 0.2) is 23.1 Å². The van der Waals surface area contributed by atoms with Crippen LogP contribution in [0.25, 0.3) is 0 Å². The molecule has 1 saturated heterocycles. The molecule has 1 aromatic carbocycles. The summed E-state index contributed by atoms with van der Waals surface area (Å²) in [5.41, 5.74) is 0.891. The molecular formula is C13H19ClN2O2S2. The van der Waals surface area contributed by atoms with Crippen LogP contribution in [-0.2, 0) is 16.6 Å². The number of thioether (sulfide) groups is 1. The Labute approximate surface area is 129 Å². The molecule has 0 amide bonds. The number of sulfonamides is 1. The first-order valence-corrected chi connectivity index (χ1v) is 9.57. The summed E-state index contributed by atoms with van der Waals surface area (Å²) in [6.45, 7) is 0.617. The molecule has 0 bridgehead atoms. The SMILES string of the molecule is CNCc1ccc(S(=O)(=O)NC2CCSCC2)cc1Cl. The molecule has 0 atom stereocenters. The van der Waals surface area contributed by atoms with Crippen molar-refractivity contribution in [2.75, 3.05) is 18.6 Å². The summed E-state index contributed by atoms with van der Waals surface area (Å²) >= 11 is 7.99. The van der Waals surface area contributed by atoms with Crippen LogP contribution >= 0.6 is 23.4 Å². The molecule has 0 aromatic heterocycles. The third kappa shape index (κ3) is 4.11. The normalized spacial score (nSPS) is 17.3. The molecule has 2 rings (SSSR count). The van der Waals surface area contributed by atoms with Gasteiger partial charge in [0.05, 0.1) is 4.90 Å². The monoisotopic (exact) mass is 334 g/mol. The number of halogens is 1. The molecule has 4 nitrogen and oxygen atoms in total. The summed E-state index contributed by atoms with van der Waals surface area (Å²) in [6.07, 6.45) is 1.77. The quantitative estimate of drug-likeness (QED) is 0.867. The third-order valence-electron chi connectivity index (χ3n) is 3.25. The van der Waals surface area contributed by atoms with Gasteiger partial charge in [0.25, 0.3) is 0 Å².